The quantitative estimate of drug-likeness (QED) is 0.265. The van der Waals surface area contributed by atoms with Crippen molar-refractivity contribution in [2.75, 3.05) is 0 Å². The monoisotopic (exact) mass is 526 g/mol. The zero-order chi connectivity index (χ0) is 27.1. The Labute approximate surface area is 233 Å². The number of aromatic nitrogens is 8. The van der Waals surface area contributed by atoms with Gasteiger partial charge in [-0.25, -0.2) is 29.9 Å². The molecule has 4 aromatic carbocycles. The topological polar surface area (TPSA) is 109 Å². The van der Waals surface area contributed by atoms with Crippen LogP contribution in [-0.2, 0) is 0 Å². The van der Waals surface area contributed by atoms with E-state index in [1.165, 1.54) is 0 Å². The second kappa shape index (κ2) is 8.16. The molecule has 0 radical (unpaired) electrons. The number of aromatic amines is 2. The molecule has 41 heavy (non-hydrogen) atoms. The first-order valence-corrected chi connectivity index (χ1v) is 13.4. The van der Waals surface area contributed by atoms with Crippen molar-refractivity contribution in [1.82, 2.24) is 39.9 Å². The summed E-state index contributed by atoms with van der Waals surface area (Å²) in [6, 6.07) is 30.4. The smallest absolute Gasteiger partial charge is 0.164 e. The molecule has 7 aromatic rings. The molecule has 3 aromatic heterocycles. The summed E-state index contributed by atoms with van der Waals surface area (Å²) in [6.07, 6.45) is 0. The molecule has 0 fully saturated rings. The van der Waals surface area contributed by atoms with Crippen LogP contribution in [-0.4, -0.2) is 47.7 Å². The minimum Gasteiger partial charge on any atom is -0.324 e. The van der Waals surface area contributed by atoms with Crippen LogP contribution in [0.5, 0.6) is 0 Å². The number of benzene rings is 4. The van der Waals surface area contributed by atoms with E-state index in [0.717, 1.165) is 49.3 Å². The molecule has 9 rings (SSSR count). The van der Waals surface area contributed by atoms with Crippen LogP contribution in [0.2, 0.25) is 0 Å². The fraction of sp³-hybridized carbons (Fsp3) is 0. The van der Waals surface area contributed by atoms with E-state index in [9.17, 15) is 0 Å². The van der Waals surface area contributed by atoms with E-state index in [1.54, 1.807) is 0 Å². The molecule has 8 bridgehead atoms. The molecule has 9 heteroatoms. The molecule has 0 spiro atoms. The molecule has 0 amide bonds. The molecule has 8 nitrogen and oxygen atoms in total. The van der Waals surface area contributed by atoms with Crippen LogP contribution in [0.3, 0.4) is 0 Å². The van der Waals surface area contributed by atoms with E-state index in [1.807, 2.05) is 78.9 Å². The fourth-order valence-electron chi connectivity index (χ4n) is 5.86. The summed E-state index contributed by atoms with van der Waals surface area (Å²) >= 11 is 0. The Balaban J connectivity index is 1.52. The maximum absolute atomic E-state index is 5.08. The minimum absolute atomic E-state index is 0.598. The van der Waals surface area contributed by atoms with Crippen molar-refractivity contribution in [3.05, 3.63) is 91.0 Å². The number of H-pyrrole nitrogens is 2. The summed E-state index contributed by atoms with van der Waals surface area (Å²) in [6.45, 7) is 0. The van der Waals surface area contributed by atoms with Crippen molar-refractivity contribution >= 4 is 57.4 Å². The van der Waals surface area contributed by atoms with Crippen molar-refractivity contribution in [2.45, 2.75) is 0 Å². The third kappa shape index (κ3) is 3.23. The van der Waals surface area contributed by atoms with Crippen LogP contribution in [0.15, 0.2) is 91.0 Å². The predicted molar refractivity (Wildman–Crippen MR) is 164 cm³/mol. The largest absolute Gasteiger partial charge is 0.324 e. The summed E-state index contributed by atoms with van der Waals surface area (Å²) in [5.74, 6) is 2.40. The van der Waals surface area contributed by atoms with Gasteiger partial charge in [-0.05, 0) is 0 Å². The Morgan fingerprint density at radius 1 is 0.390 bits per heavy atom. The molecule has 0 unspecified atom stereocenters. The number of nitrogens with one attached hydrogen (secondary N) is 2. The standard InChI is InChI=1S/C32H19BN8/c33-23-15-7-14-22-24(23)32-40-30-21-13-6-5-12-20(21)28(38-30)36-26-17-9-2-1-8-16(17)25(34-26)35-27-18-10-3-4-11-19(18)29(37-27)39-31(22)41-32/h1-15H,33H2,(H2,34,35,36,37,38,39,40,41). The molecule has 2 aliphatic heterocycles. The van der Waals surface area contributed by atoms with Gasteiger partial charge in [0.05, 0.1) is 0 Å². The number of fused-ring (bicyclic) bond motifs is 20. The first kappa shape index (κ1) is 22.2. The van der Waals surface area contributed by atoms with Crippen LogP contribution < -0.4 is 5.46 Å². The van der Waals surface area contributed by atoms with E-state index in [0.29, 0.717) is 45.9 Å². The van der Waals surface area contributed by atoms with Crippen molar-refractivity contribution in [2.24, 2.45) is 0 Å². The highest BCUT2D eigenvalue weighted by Crippen LogP contribution is 2.36. The minimum atomic E-state index is 0.598. The highest BCUT2D eigenvalue weighted by Gasteiger charge is 2.21. The zero-order valence-electron chi connectivity index (χ0n) is 21.8. The Hall–Kier alpha value is -5.70. The summed E-state index contributed by atoms with van der Waals surface area (Å²) in [5, 5.41) is 3.88. The lowest BCUT2D eigenvalue weighted by Gasteiger charge is -1.97. The van der Waals surface area contributed by atoms with Crippen molar-refractivity contribution in [3.8, 4) is 45.6 Å². The van der Waals surface area contributed by atoms with E-state index in [-0.39, 0.29) is 0 Å². The van der Waals surface area contributed by atoms with Gasteiger partial charge in [-0.2, -0.15) is 0 Å². The van der Waals surface area contributed by atoms with Gasteiger partial charge in [-0.3, -0.25) is 0 Å². The Kier molecular flexibility index (Phi) is 4.41. The molecule has 5 heterocycles. The lowest BCUT2D eigenvalue weighted by atomic mass is 9.92. The highest BCUT2D eigenvalue weighted by molar-refractivity contribution is 6.41. The van der Waals surface area contributed by atoms with Crippen LogP contribution in [0, 0.1) is 0 Å². The number of hydrogen-bond donors (Lipinski definition) is 2. The van der Waals surface area contributed by atoms with Gasteiger partial charge in [0.15, 0.2) is 23.3 Å². The third-order valence-electron chi connectivity index (χ3n) is 7.79. The normalized spacial score (nSPS) is 12.0. The average Bonchev–Trinajstić information content (AvgIpc) is 3.73. The third-order valence-corrected chi connectivity index (χ3v) is 7.79. The van der Waals surface area contributed by atoms with Crippen molar-refractivity contribution in [1.29, 1.82) is 0 Å². The van der Waals surface area contributed by atoms with Gasteiger partial charge in [0.25, 0.3) is 0 Å². The first-order chi connectivity index (χ1) is 20.2. The van der Waals surface area contributed by atoms with Crippen LogP contribution in [0.4, 0.5) is 0 Å². The van der Waals surface area contributed by atoms with Crippen LogP contribution in [0.1, 0.15) is 0 Å². The molecule has 0 saturated heterocycles. The van der Waals surface area contributed by atoms with Crippen molar-refractivity contribution in [3.63, 3.8) is 0 Å². The van der Waals surface area contributed by atoms with Gasteiger partial charge in [-0.15, -0.1) is 0 Å². The zero-order valence-corrected chi connectivity index (χ0v) is 21.8. The Morgan fingerprint density at radius 2 is 0.780 bits per heavy atom. The lowest BCUT2D eigenvalue weighted by Crippen LogP contribution is -2.01. The number of hydrogen-bond acceptors (Lipinski definition) is 6. The first-order valence-electron chi connectivity index (χ1n) is 13.4. The summed E-state index contributed by atoms with van der Waals surface area (Å²) in [5.41, 5.74) is 7.58. The molecule has 0 aliphatic carbocycles. The van der Waals surface area contributed by atoms with Gasteiger partial charge in [0.1, 0.15) is 30.4 Å². The predicted octanol–water partition coefficient (Wildman–Crippen LogP) is 5.13. The fourth-order valence-corrected chi connectivity index (χ4v) is 5.86. The molecule has 0 saturated carbocycles. The summed E-state index contributed by atoms with van der Waals surface area (Å²) in [4.78, 5) is 37.0. The molecule has 0 atom stereocenters. The molecule has 2 aliphatic rings. The average molecular weight is 526 g/mol. The maximum Gasteiger partial charge on any atom is 0.164 e. The second-order valence-corrected chi connectivity index (χ2v) is 10.2. The molecule has 190 valence electrons. The number of nitrogens with zero attached hydrogens (tertiary/aromatic N) is 6. The Bertz CT molecular complexity index is 2400. The van der Waals surface area contributed by atoms with Gasteiger partial charge < -0.3 is 9.97 Å². The Morgan fingerprint density at radius 3 is 1.29 bits per heavy atom. The van der Waals surface area contributed by atoms with Crippen molar-refractivity contribution < 1.29 is 0 Å². The van der Waals surface area contributed by atoms with Gasteiger partial charge in [0.2, 0.25) is 0 Å². The van der Waals surface area contributed by atoms with Gasteiger partial charge in [-0.1, -0.05) is 96.5 Å². The molecular formula is C32H19BN8. The molecular weight excluding hydrogens is 507 g/mol. The van der Waals surface area contributed by atoms with Gasteiger partial charge in [0, 0.05) is 43.8 Å². The lowest BCUT2D eigenvalue weighted by molar-refractivity contribution is 1.19. The van der Waals surface area contributed by atoms with E-state index in [2.05, 4.69) is 29.9 Å². The summed E-state index contributed by atoms with van der Waals surface area (Å²) < 4.78 is 0. The van der Waals surface area contributed by atoms with Crippen LogP contribution >= 0.6 is 0 Å². The molecule has 2 N–H and O–H groups in total. The van der Waals surface area contributed by atoms with Crippen LogP contribution in [0.25, 0.3) is 89.7 Å². The van der Waals surface area contributed by atoms with E-state index >= 15 is 0 Å². The summed E-state index contributed by atoms with van der Waals surface area (Å²) in [7, 11) is 2.08. The van der Waals surface area contributed by atoms with E-state index < -0.39 is 0 Å². The number of rotatable bonds is 0. The van der Waals surface area contributed by atoms with E-state index in [4.69, 9.17) is 29.9 Å². The van der Waals surface area contributed by atoms with Gasteiger partial charge >= 0.3 is 0 Å². The maximum atomic E-state index is 5.08. The highest BCUT2D eigenvalue weighted by atomic mass is 15.1. The SMILES string of the molecule is Bc1cccc2c3nc4nc(nc5[nH]c(nc6nc(nc([nH]3)c12)-c1ccccc1-6)c1ccccc51)-c1ccccc1-4. The second-order valence-electron chi connectivity index (χ2n) is 10.2.